The van der Waals surface area contributed by atoms with Crippen LogP contribution < -0.4 is 14.4 Å². The lowest BCUT2D eigenvalue weighted by molar-refractivity contribution is -0.140. The van der Waals surface area contributed by atoms with Gasteiger partial charge in [0.1, 0.15) is 24.2 Å². The molecular weight excluding hydrogens is 461 g/mol. The van der Waals surface area contributed by atoms with Gasteiger partial charge in [0, 0.05) is 12.6 Å². The van der Waals surface area contributed by atoms with E-state index >= 15 is 0 Å². The second-order valence-electron chi connectivity index (χ2n) is 8.21. The van der Waals surface area contributed by atoms with Gasteiger partial charge in [-0.1, -0.05) is 25.1 Å². The van der Waals surface area contributed by atoms with Gasteiger partial charge in [0.15, 0.2) is 0 Å². The van der Waals surface area contributed by atoms with Crippen molar-refractivity contribution in [3.8, 4) is 5.75 Å². The van der Waals surface area contributed by atoms with E-state index in [9.17, 15) is 22.4 Å². The van der Waals surface area contributed by atoms with Gasteiger partial charge in [-0.2, -0.15) is 0 Å². The lowest BCUT2D eigenvalue weighted by atomic mass is 10.1. The van der Waals surface area contributed by atoms with E-state index in [2.05, 4.69) is 5.32 Å². The number of nitrogens with one attached hydrogen (secondary N) is 1. The molecule has 0 aliphatic rings. The van der Waals surface area contributed by atoms with Gasteiger partial charge in [0.25, 0.3) is 0 Å². The third-order valence-electron chi connectivity index (χ3n) is 5.10. The quantitative estimate of drug-likeness (QED) is 0.519. The Balaban J connectivity index is 2.43. The van der Waals surface area contributed by atoms with Crippen molar-refractivity contribution in [1.82, 2.24) is 10.2 Å². The lowest BCUT2D eigenvalue weighted by Crippen LogP contribution is -2.53. The zero-order chi connectivity index (χ0) is 25.5. The summed E-state index contributed by atoms with van der Waals surface area (Å²) in [6.07, 6.45) is 1.26. The second-order valence-corrected chi connectivity index (χ2v) is 10.1. The molecule has 2 amide bonds. The van der Waals surface area contributed by atoms with Crippen LogP contribution in [0.2, 0.25) is 0 Å². The van der Waals surface area contributed by atoms with Crippen LogP contribution in [-0.2, 0) is 26.2 Å². The van der Waals surface area contributed by atoms with Crippen LogP contribution in [0, 0.1) is 5.82 Å². The van der Waals surface area contributed by atoms with Gasteiger partial charge in [0.05, 0.1) is 19.1 Å². The first-order valence-electron chi connectivity index (χ1n) is 10.9. The van der Waals surface area contributed by atoms with Crippen LogP contribution in [-0.4, -0.2) is 57.1 Å². The number of carbonyl (C=O) groups is 2. The van der Waals surface area contributed by atoms with Gasteiger partial charge in [0.2, 0.25) is 21.8 Å². The summed E-state index contributed by atoms with van der Waals surface area (Å²) in [4.78, 5) is 27.8. The summed E-state index contributed by atoms with van der Waals surface area (Å²) < 4.78 is 44.8. The Bertz CT molecular complexity index is 1090. The number of hydrogen-bond donors (Lipinski definition) is 1. The zero-order valence-corrected chi connectivity index (χ0v) is 20.9. The molecule has 0 aromatic heterocycles. The first-order chi connectivity index (χ1) is 16.0. The molecule has 34 heavy (non-hydrogen) atoms. The fourth-order valence-electron chi connectivity index (χ4n) is 3.47. The summed E-state index contributed by atoms with van der Waals surface area (Å²) in [6.45, 7) is 4.91. The number of sulfonamides is 1. The molecule has 8 nitrogen and oxygen atoms in total. The average Bonchev–Trinajstić information content (AvgIpc) is 2.76. The van der Waals surface area contributed by atoms with Gasteiger partial charge < -0.3 is 15.0 Å². The molecule has 186 valence electrons. The largest absolute Gasteiger partial charge is 0.497 e. The van der Waals surface area contributed by atoms with Crippen molar-refractivity contribution in [2.45, 2.75) is 45.8 Å². The SMILES string of the molecule is CCC(C(=O)NC(C)C)N(Cc1ccc(OC)cc1)C(=O)CN(c1cccc(F)c1)S(C)(=O)=O. The summed E-state index contributed by atoms with van der Waals surface area (Å²) in [7, 11) is -2.37. The highest BCUT2D eigenvalue weighted by Crippen LogP contribution is 2.21. The maximum atomic E-state index is 13.8. The average molecular weight is 494 g/mol. The maximum absolute atomic E-state index is 13.8. The Morgan fingerprint density at radius 1 is 1.12 bits per heavy atom. The van der Waals surface area contributed by atoms with Crippen molar-refractivity contribution in [1.29, 1.82) is 0 Å². The summed E-state index contributed by atoms with van der Waals surface area (Å²) >= 11 is 0. The van der Waals surface area contributed by atoms with E-state index in [0.29, 0.717) is 12.2 Å². The standard InChI is InChI=1S/C24H32FN3O5S/c1-6-22(24(30)26-17(2)3)27(15-18-10-12-21(33-4)13-11-18)23(29)16-28(34(5,31)32)20-9-7-8-19(25)14-20/h7-14,17,22H,6,15-16H2,1-5H3,(H,26,30). The molecular formula is C24H32FN3O5S. The number of halogens is 1. The monoisotopic (exact) mass is 493 g/mol. The van der Waals surface area contributed by atoms with Crippen LogP contribution in [0.1, 0.15) is 32.8 Å². The van der Waals surface area contributed by atoms with Gasteiger partial charge in [-0.05, 0) is 56.2 Å². The lowest BCUT2D eigenvalue weighted by Gasteiger charge is -2.33. The highest BCUT2D eigenvalue weighted by molar-refractivity contribution is 7.92. The summed E-state index contributed by atoms with van der Waals surface area (Å²) in [5.74, 6) is -0.913. The Hall–Kier alpha value is -3.14. The molecule has 0 heterocycles. The zero-order valence-electron chi connectivity index (χ0n) is 20.1. The molecule has 2 rings (SSSR count). The third-order valence-corrected chi connectivity index (χ3v) is 6.24. The van der Waals surface area contributed by atoms with E-state index in [4.69, 9.17) is 4.74 Å². The molecule has 1 N–H and O–H groups in total. The minimum absolute atomic E-state index is 0.0277. The molecule has 1 atom stereocenters. The van der Waals surface area contributed by atoms with E-state index in [1.165, 1.54) is 23.1 Å². The fourth-order valence-corrected chi connectivity index (χ4v) is 4.31. The van der Waals surface area contributed by atoms with Crippen LogP contribution >= 0.6 is 0 Å². The highest BCUT2D eigenvalue weighted by atomic mass is 32.2. The molecule has 2 aromatic rings. The smallest absolute Gasteiger partial charge is 0.244 e. The molecule has 0 saturated heterocycles. The normalized spacial score (nSPS) is 12.2. The molecule has 0 spiro atoms. The first kappa shape index (κ1) is 27.1. The number of methoxy groups -OCH3 is 1. The number of ether oxygens (including phenoxy) is 1. The number of amides is 2. The van der Waals surface area contributed by atoms with Crippen LogP contribution in [0.4, 0.5) is 10.1 Å². The molecule has 2 aromatic carbocycles. The second kappa shape index (κ2) is 11.8. The number of benzene rings is 2. The Morgan fingerprint density at radius 2 is 1.76 bits per heavy atom. The summed E-state index contributed by atoms with van der Waals surface area (Å²) in [6, 6.07) is 11.1. The van der Waals surface area contributed by atoms with Crippen LogP contribution in [0.25, 0.3) is 0 Å². The Labute approximate surface area is 200 Å². The van der Waals surface area contributed by atoms with Crippen molar-refractivity contribution in [2.24, 2.45) is 0 Å². The first-order valence-corrected chi connectivity index (χ1v) is 12.8. The van der Waals surface area contributed by atoms with Crippen LogP contribution in [0.5, 0.6) is 5.75 Å². The Morgan fingerprint density at radius 3 is 2.26 bits per heavy atom. The van der Waals surface area contributed by atoms with Gasteiger partial charge in [-0.3, -0.25) is 13.9 Å². The minimum atomic E-state index is -3.91. The highest BCUT2D eigenvalue weighted by Gasteiger charge is 2.32. The van der Waals surface area contributed by atoms with Crippen LogP contribution in [0.3, 0.4) is 0 Å². The Kier molecular flexibility index (Phi) is 9.43. The van der Waals surface area contributed by atoms with Crippen molar-refractivity contribution in [3.63, 3.8) is 0 Å². The summed E-state index contributed by atoms with van der Waals surface area (Å²) in [5.41, 5.74) is 0.765. The van der Waals surface area contributed by atoms with E-state index in [1.54, 1.807) is 38.3 Å². The molecule has 10 heteroatoms. The topological polar surface area (TPSA) is 96.0 Å². The van der Waals surface area contributed by atoms with Crippen molar-refractivity contribution < 1.29 is 27.1 Å². The number of anilines is 1. The van der Waals surface area contributed by atoms with E-state index in [1.807, 2.05) is 13.8 Å². The molecule has 0 saturated carbocycles. The molecule has 1 unspecified atom stereocenters. The number of rotatable bonds is 11. The van der Waals surface area contributed by atoms with E-state index < -0.39 is 34.3 Å². The maximum Gasteiger partial charge on any atom is 0.244 e. The van der Waals surface area contributed by atoms with Gasteiger partial charge in [-0.15, -0.1) is 0 Å². The van der Waals surface area contributed by atoms with Crippen molar-refractivity contribution in [2.75, 3.05) is 24.2 Å². The van der Waals surface area contributed by atoms with Crippen LogP contribution in [0.15, 0.2) is 48.5 Å². The minimum Gasteiger partial charge on any atom is -0.497 e. The number of carbonyl (C=O) groups excluding carboxylic acids is 2. The fraction of sp³-hybridized carbons (Fsp3) is 0.417. The third kappa shape index (κ3) is 7.44. The number of hydrogen-bond acceptors (Lipinski definition) is 5. The predicted molar refractivity (Wildman–Crippen MR) is 129 cm³/mol. The molecule has 0 aliphatic heterocycles. The predicted octanol–water partition coefficient (Wildman–Crippen LogP) is 2.93. The van der Waals surface area contributed by atoms with E-state index in [-0.39, 0.29) is 24.2 Å². The molecule has 0 fully saturated rings. The molecule has 0 radical (unpaired) electrons. The molecule has 0 aliphatic carbocycles. The number of nitrogens with zero attached hydrogens (tertiary/aromatic N) is 2. The molecule has 0 bridgehead atoms. The van der Waals surface area contributed by atoms with Crippen molar-refractivity contribution >= 4 is 27.5 Å². The van der Waals surface area contributed by atoms with Crippen molar-refractivity contribution in [3.05, 3.63) is 59.9 Å². The summed E-state index contributed by atoms with van der Waals surface area (Å²) in [5, 5.41) is 2.82. The van der Waals surface area contributed by atoms with Gasteiger partial charge >= 0.3 is 0 Å². The van der Waals surface area contributed by atoms with E-state index in [0.717, 1.165) is 22.2 Å². The van der Waals surface area contributed by atoms with Gasteiger partial charge in [-0.25, -0.2) is 12.8 Å².